The molecule has 0 radical (unpaired) electrons. The van der Waals surface area contributed by atoms with Crippen LogP contribution in [0.2, 0.25) is 0 Å². The molecular formula is C19H19BrN4O2. The molecule has 0 aliphatic carbocycles. The number of carbonyl (C=O) groups is 1. The number of fused-ring (bicyclic) bond motifs is 1. The normalized spacial score (nSPS) is 17.4. The van der Waals surface area contributed by atoms with Crippen LogP contribution in [0.4, 0.5) is 4.79 Å². The Bertz CT molecular complexity index is 912. The van der Waals surface area contributed by atoms with Crippen molar-refractivity contribution in [2.24, 2.45) is 0 Å². The van der Waals surface area contributed by atoms with Gasteiger partial charge in [0.05, 0.1) is 11.7 Å². The maximum Gasteiger partial charge on any atom is 0.410 e. The Balaban J connectivity index is 1.46. The van der Waals surface area contributed by atoms with Crippen LogP contribution < -0.4 is 0 Å². The number of nitrogens with zero attached hydrogens (tertiary/aromatic N) is 4. The van der Waals surface area contributed by atoms with Gasteiger partial charge in [0, 0.05) is 31.4 Å². The van der Waals surface area contributed by atoms with E-state index in [1.165, 1.54) is 0 Å². The predicted octanol–water partition coefficient (Wildman–Crippen LogP) is 4.01. The first kappa shape index (κ1) is 17.0. The molecule has 1 atom stereocenters. The van der Waals surface area contributed by atoms with Crippen LogP contribution in [0.1, 0.15) is 30.1 Å². The summed E-state index contributed by atoms with van der Waals surface area (Å²) < 4.78 is 8.31. The molecule has 3 aromatic rings. The Labute approximate surface area is 159 Å². The Morgan fingerprint density at radius 2 is 2.15 bits per heavy atom. The van der Waals surface area contributed by atoms with Gasteiger partial charge in [-0.25, -0.2) is 9.78 Å². The molecule has 4 rings (SSSR count). The number of piperidine rings is 1. The lowest BCUT2D eigenvalue weighted by Gasteiger charge is -2.31. The first-order chi connectivity index (χ1) is 12.7. The summed E-state index contributed by atoms with van der Waals surface area (Å²) in [4.78, 5) is 23.1. The minimum absolute atomic E-state index is 0.175. The van der Waals surface area contributed by atoms with Gasteiger partial charge in [-0.05, 0) is 34.3 Å². The van der Waals surface area contributed by atoms with Crippen molar-refractivity contribution in [3.8, 4) is 0 Å². The summed E-state index contributed by atoms with van der Waals surface area (Å²) in [5.74, 6) is 1.13. The van der Waals surface area contributed by atoms with Crippen molar-refractivity contribution in [2.45, 2.75) is 25.4 Å². The molecule has 1 fully saturated rings. The molecule has 2 aromatic heterocycles. The van der Waals surface area contributed by atoms with E-state index in [0.29, 0.717) is 13.2 Å². The van der Waals surface area contributed by atoms with Crippen LogP contribution in [0.25, 0.3) is 5.52 Å². The Hall–Kier alpha value is -2.41. The Morgan fingerprint density at radius 1 is 1.31 bits per heavy atom. The largest absolute Gasteiger partial charge is 0.445 e. The molecule has 7 heteroatoms. The molecule has 1 unspecified atom stereocenters. The van der Waals surface area contributed by atoms with Gasteiger partial charge in [-0.3, -0.25) is 9.38 Å². The molecule has 26 heavy (non-hydrogen) atoms. The summed E-state index contributed by atoms with van der Waals surface area (Å²) in [5.41, 5.74) is 1.93. The number of amides is 1. The number of halogens is 1. The molecule has 0 spiro atoms. The molecule has 1 aliphatic rings. The summed E-state index contributed by atoms with van der Waals surface area (Å²) >= 11 is 3.50. The molecular weight excluding hydrogens is 396 g/mol. The molecule has 0 saturated carbocycles. The minimum Gasteiger partial charge on any atom is -0.445 e. The number of ether oxygens (including phenoxy) is 1. The van der Waals surface area contributed by atoms with Gasteiger partial charge in [-0.15, -0.1) is 0 Å². The SMILES string of the molecule is O=C(OCc1ccccc1)N1CCCC(c2nc(Br)c3cnccn23)C1. The van der Waals surface area contributed by atoms with E-state index in [1.807, 2.05) is 40.9 Å². The molecule has 0 bridgehead atoms. The third kappa shape index (κ3) is 3.44. The standard InChI is InChI=1S/C19H19BrN4O2/c20-17-16-11-21-8-10-24(16)18(22-17)15-7-4-9-23(12-15)19(25)26-13-14-5-2-1-3-6-14/h1-3,5-6,8,10-11,15H,4,7,9,12-13H2. The van der Waals surface area contributed by atoms with Gasteiger partial charge in [0.15, 0.2) is 0 Å². The highest BCUT2D eigenvalue weighted by molar-refractivity contribution is 9.10. The Morgan fingerprint density at radius 3 is 3.00 bits per heavy atom. The summed E-state index contributed by atoms with van der Waals surface area (Å²) in [6, 6.07) is 9.73. The van der Waals surface area contributed by atoms with Gasteiger partial charge in [-0.2, -0.15) is 0 Å². The molecule has 1 aliphatic heterocycles. The topological polar surface area (TPSA) is 59.7 Å². The number of imidazole rings is 1. The van der Waals surface area contributed by atoms with Gasteiger partial charge in [0.2, 0.25) is 0 Å². The van der Waals surface area contributed by atoms with Gasteiger partial charge in [0.25, 0.3) is 0 Å². The van der Waals surface area contributed by atoms with Crippen LogP contribution in [-0.4, -0.2) is 38.5 Å². The Kier molecular flexibility index (Phi) is 4.88. The van der Waals surface area contributed by atoms with Crippen molar-refractivity contribution < 1.29 is 9.53 Å². The number of rotatable bonds is 3. The number of likely N-dealkylation sites (tertiary alicyclic amines) is 1. The summed E-state index contributed by atoms with van der Waals surface area (Å²) in [7, 11) is 0. The fourth-order valence-electron chi connectivity index (χ4n) is 3.38. The van der Waals surface area contributed by atoms with E-state index < -0.39 is 0 Å². The highest BCUT2D eigenvalue weighted by Crippen LogP contribution is 2.29. The van der Waals surface area contributed by atoms with E-state index in [4.69, 9.17) is 4.74 Å². The third-order valence-corrected chi connectivity index (χ3v) is 5.26. The van der Waals surface area contributed by atoms with E-state index in [0.717, 1.165) is 40.9 Å². The molecule has 1 saturated heterocycles. The van der Waals surface area contributed by atoms with Crippen molar-refractivity contribution in [2.75, 3.05) is 13.1 Å². The van der Waals surface area contributed by atoms with Gasteiger partial charge in [-0.1, -0.05) is 30.3 Å². The molecule has 0 N–H and O–H groups in total. The van der Waals surface area contributed by atoms with E-state index in [2.05, 4.69) is 25.9 Å². The number of carbonyl (C=O) groups excluding carboxylic acids is 1. The zero-order chi connectivity index (χ0) is 17.9. The third-order valence-electron chi connectivity index (χ3n) is 4.68. The molecule has 6 nitrogen and oxygen atoms in total. The summed E-state index contributed by atoms with van der Waals surface area (Å²) in [5, 5.41) is 0. The number of benzene rings is 1. The first-order valence-corrected chi connectivity index (χ1v) is 9.45. The van der Waals surface area contributed by atoms with Gasteiger partial charge in [0.1, 0.15) is 17.0 Å². The highest BCUT2D eigenvalue weighted by Gasteiger charge is 2.29. The second kappa shape index (κ2) is 7.45. The average molecular weight is 415 g/mol. The van der Waals surface area contributed by atoms with Crippen molar-refractivity contribution in [1.29, 1.82) is 0 Å². The van der Waals surface area contributed by atoms with Crippen molar-refractivity contribution in [1.82, 2.24) is 19.3 Å². The van der Waals surface area contributed by atoms with E-state index in [-0.39, 0.29) is 12.0 Å². The zero-order valence-electron chi connectivity index (χ0n) is 14.2. The second-order valence-corrected chi connectivity index (χ2v) is 7.17. The first-order valence-electron chi connectivity index (χ1n) is 8.65. The number of hydrogen-bond acceptors (Lipinski definition) is 4. The predicted molar refractivity (Wildman–Crippen MR) is 101 cm³/mol. The van der Waals surface area contributed by atoms with Gasteiger partial charge >= 0.3 is 6.09 Å². The summed E-state index contributed by atoms with van der Waals surface area (Å²) in [6.45, 7) is 1.63. The van der Waals surface area contributed by atoms with Crippen LogP contribution in [-0.2, 0) is 11.3 Å². The number of aromatic nitrogens is 3. The van der Waals surface area contributed by atoms with Crippen LogP contribution in [0, 0.1) is 0 Å². The second-order valence-electron chi connectivity index (χ2n) is 6.42. The maximum absolute atomic E-state index is 12.5. The average Bonchev–Trinajstić information content (AvgIpc) is 3.04. The quantitative estimate of drug-likeness (QED) is 0.649. The lowest BCUT2D eigenvalue weighted by Crippen LogP contribution is -2.39. The van der Waals surface area contributed by atoms with Crippen molar-refractivity contribution >= 4 is 27.5 Å². The zero-order valence-corrected chi connectivity index (χ0v) is 15.8. The molecule has 1 amide bonds. The van der Waals surface area contributed by atoms with Crippen LogP contribution in [0.5, 0.6) is 0 Å². The highest BCUT2D eigenvalue weighted by atomic mass is 79.9. The van der Waals surface area contributed by atoms with E-state index >= 15 is 0 Å². The van der Waals surface area contributed by atoms with Crippen LogP contribution in [0.3, 0.4) is 0 Å². The fraction of sp³-hybridized carbons (Fsp3) is 0.316. The monoisotopic (exact) mass is 414 g/mol. The maximum atomic E-state index is 12.5. The van der Waals surface area contributed by atoms with E-state index in [1.54, 1.807) is 17.3 Å². The van der Waals surface area contributed by atoms with Gasteiger partial charge < -0.3 is 9.64 Å². The lowest BCUT2D eigenvalue weighted by atomic mass is 9.97. The fourth-order valence-corrected chi connectivity index (χ4v) is 3.85. The molecule has 134 valence electrons. The summed E-state index contributed by atoms with van der Waals surface area (Å²) in [6.07, 6.45) is 7.11. The number of hydrogen-bond donors (Lipinski definition) is 0. The van der Waals surface area contributed by atoms with Crippen molar-refractivity contribution in [3.05, 3.63) is 64.9 Å². The molecule has 1 aromatic carbocycles. The lowest BCUT2D eigenvalue weighted by molar-refractivity contribution is 0.0853. The smallest absolute Gasteiger partial charge is 0.410 e. The van der Waals surface area contributed by atoms with E-state index in [9.17, 15) is 4.79 Å². The van der Waals surface area contributed by atoms with Crippen molar-refractivity contribution in [3.63, 3.8) is 0 Å². The van der Waals surface area contributed by atoms with Crippen LogP contribution in [0.15, 0.2) is 53.5 Å². The minimum atomic E-state index is -0.264. The molecule has 3 heterocycles. The van der Waals surface area contributed by atoms with Crippen LogP contribution >= 0.6 is 15.9 Å².